The molecule has 4 rings (SSSR count). The second-order valence-corrected chi connectivity index (χ2v) is 7.09. The van der Waals surface area contributed by atoms with Crippen molar-refractivity contribution in [3.05, 3.63) is 65.1 Å². The second-order valence-electron chi connectivity index (χ2n) is 6.65. The molecule has 0 aliphatic carbocycles. The highest BCUT2D eigenvalue weighted by molar-refractivity contribution is 6.30. The molecule has 0 bridgehead atoms. The third kappa shape index (κ3) is 4.17. The molecule has 27 heavy (non-hydrogen) atoms. The van der Waals surface area contributed by atoms with Crippen LogP contribution < -0.4 is 0 Å². The van der Waals surface area contributed by atoms with E-state index in [-0.39, 0.29) is 11.8 Å². The lowest BCUT2D eigenvalue weighted by Gasteiger charge is -2.31. The molecule has 0 N–H and O–H groups in total. The van der Waals surface area contributed by atoms with Crippen LogP contribution in [0.25, 0.3) is 11.6 Å². The summed E-state index contributed by atoms with van der Waals surface area (Å²) in [6.45, 7) is 1.36. The van der Waals surface area contributed by atoms with Crippen molar-refractivity contribution in [2.24, 2.45) is 0 Å². The number of hydrogen-bond donors (Lipinski definition) is 0. The van der Waals surface area contributed by atoms with E-state index in [1.54, 1.807) is 6.20 Å². The van der Waals surface area contributed by atoms with Gasteiger partial charge in [0.15, 0.2) is 5.82 Å². The summed E-state index contributed by atoms with van der Waals surface area (Å²) < 4.78 is 5.37. The van der Waals surface area contributed by atoms with Gasteiger partial charge in [0.25, 0.3) is 5.89 Å². The summed E-state index contributed by atoms with van der Waals surface area (Å²) >= 11 is 5.91. The van der Waals surface area contributed by atoms with Gasteiger partial charge in [0.1, 0.15) is 5.69 Å². The van der Waals surface area contributed by atoms with Gasteiger partial charge in [0, 0.05) is 30.2 Å². The molecule has 1 atom stereocenters. The molecule has 0 spiro atoms. The number of amides is 1. The van der Waals surface area contributed by atoms with E-state index >= 15 is 0 Å². The van der Waals surface area contributed by atoms with Crippen LogP contribution in [-0.4, -0.2) is 39.0 Å². The molecule has 1 aliphatic rings. The monoisotopic (exact) mass is 382 g/mol. The number of hydrogen-bond acceptors (Lipinski definition) is 5. The number of benzene rings is 1. The van der Waals surface area contributed by atoms with Crippen LogP contribution in [0.4, 0.5) is 0 Å². The summed E-state index contributed by atoms with van der Waals surface area (Å²) in [7, 11) is 0. The zero-order valence-electron chi connectivity index (χ0n) is 14.7. The third-order valence-electron chi connectivity index (χ3n) is 4.73. The Balaban J connectivity index is 1.43. The van der Waals surface area contributed by atoms with Crippen LogP contribution in [0.1, 0.15) is 30.1 Å². The van der Waals surface area contributed by atoms with Crippen molar-refractivity contribution in [3.63, 3.8) is 0 Å². The highest BCUT2D eigenvalue weighted by Crippen LogP contribution is 2.27. The van der Waals surface area contributed by atoms with Crippen molar-refractivity contribution in [2.75, 3.05) is 13.1 Å². The minimum Gasteiger partial charge on any atom is -0.342 e. The Bertz CT molecular complexity index is 911. The van der Waals surface area contributed by atoms with Crippen LogP contribution in [0.3, 0.4) is 0 Å². The van der Waals surface area contributed by atoms with Gasteiger partial charge in [-0.2, -0.15) is 4.98 Å². The van der Waals surface area contributed by atoms with Crippen molar-refractivity contribution < 1.29 is 9.32 Å². The zero-order valence-corrected chi connectivity index (χ0v) is 15.5. The van der Waals surface area contributed by atoms with E-state index < -0.39 is 0 Å². The van der Waals surface area contributed by atoms with Crippen LogP contribution in [-0.2, 0) is 11.2 Å². The Hall–Kier alpha value is -2.73. The smallest absolute Gasteiger partial charge is 0.276 e. The van der Waals surface area contributed by atoms with Crippen LogP contribution in [0.2, 0.25) is 5.02 Å². The zero-order chi connectivity index (χ0) is 18.6. The average molecular weight is 383 g/mol. The van der Waals surface area contributed by atoms with E-state index in [4.69, 9.17) is 16.1 Å². The fraction of sp³-hybridized carbons (Fsp3) is 0.300. The number of pyridine rings is 1. The average Bonchev–Trinajstić information content (AvgIpc) is 3.21. The summed E-state index contributed by atoms with van der Waals surface area (Å²) in [5, 5.41) is 4.80. The molecule has 3 aromatic rings. The van der Waals surface area contributed by atoms with Crippen molar-refractivity contribution in [3.8, 4) is 11.6 Å². The Morgan fingerprint density at radius 2 is 2.07 bits per heavy atom. The van der Waals surface area contributed by atoms with Crippen molar-refractivity contribution in [2.45, 2.75) is 25.2 Å². The number of rotatable bonds is 4. The molecule has 0 saturated carbocycles. The van der Waals surface area contributed by atoms with Gasteiger partial charge in [-0.1, -0.05) is 35.0 Å². The second kappa shape index (κ2) is 7.88. The van der Waals surface area contributed by atoms with Crippen LogP contribution in [0.5, 0.6) is 0 Å². The maximum absolute atomic E-state index is 12.7. The minimum atomic E-state index is 0.0779. The van der Waals surface area contributed by atoms with Crippen molar-refractivity contribution in [1.29, 1.82) is 0 Å². The van der Waals surface area contributed by atoms with E-state index in [0.29, 0.717) is 35.4 Å². The lowest BCUT2D eigenvalue weighted by atomic mass is 9.96. The highest BCUT2D eigenvalue weighted by atomic mass is 35.5. The SMILES string of the molecule is O=C(Cc1ccc(Cl)cc1)N1CCC[C@@H](c2noc(-c3ccccn3)n2)C1. The van der Waals surface area contributed by atoms with Gasteiger partial charge in [-0.25, -0.2) is 0 Å². The largest absolute Gasteiger partial charge is 0.342 e. The summed E-state index contributed by atoms with van der Waals surface area (Å²) in [5.41, 5.74) is 1.62. The fourth-order valence-electron chi connectivity index (χ4n) is 3.30. The molecule has 3 heterocycles. The lowest BCUT2D eigenvalue weighted by molar-refractivity contribution is -0.131. The predicted octanol–water partition coefficient (Wildman–Crippen LogP) is 3.73. The molecule has 6 nitrogen and oxygen atoms in total. The first-order valence-electron chi connectivity index (χ1n) is 8.96. The van der Waals surface area contributed by atoms with Crippen molar-refractivity contribution in [1.82, 2.24) is 20.0 Å². The van der Waals surface area contributed by atoms with Gasteiger partial charge in [0.2, 0.25) is 5.91 Å². The van der Waals surface area contributed by atoms with Gasteiger partial charge >= 0.3 is 0 Å². The van der Waals surface area contributed by atoms with Crippen molar-refractivity contribution >= 4 is 17.5 Å². The third-order valence-corrected chi connectivity index (χ3v) is 4.99. The van der Waals surface area contributed by atoms with Crippen LogP contribution >= 0.6 is 11.6 Å². The molecule has 1 amide bonds. The maximum atomic E-state index is 12.7. The lowest BCUT2D eigenvalue weighted by Crippen LogP contribution is -2.40. The van der Waals surface area contributed by atoms with E-state index in [1.165, 1.54) is 0 Å². The minimum absolute atomic E-state index is 0.0779. The van der Waals surface area contributed by atoms with E-state index in [0.717, 1.165) is 24.9 Å². The Morgan fingerprint density at radius 1 is 1.22 bits per heavy atom. The summed E-state index contributed by atoms with van der Waals surface area (Å²) in [6.07, 6.45) is 3.92. The quantitative estimate of drug-likeness (QED) is 0.687. The summed E-state index contributed by atoms with van der Waals surface area (Å²) in [4.78, 5) is 23.3. The molecule has 1 saturated heterocycles. The first kappa shape index (κ1) is 17.7. The van der Waals surface area contributed by atoms with Gasteiger partial charge in [-0.3, -0.25) is 9.78 Å². The number of nitrogens with zero attached hydrogens (tertiary/aromatic N) is 4. The number of carbonyl (C=O) groups excluding carboxylic acids is 1. The summed E-state index contributed by atoms with van der Waals surface area (Å²) in [5.74, 6) is 1.24. The molecule has 1 aliphatic heterocycles. The number of likely N-dealkylation sites (tertiary alicyclic amines) is 1. The van der Waals surface area contributed by atoms with E-state index in [1.807, 2.05) is 47.4 Å². The molecule has 0 unspecified atom stereocenters. The van der Waals surface area contributed by atoms with Gasteiger partial charge in [-0.15, -0.1) is 0 Å². The molecule has 0 radical (unpaired) electrons. The predicted molar refractivity (Wildman–Crippen MR) is 101 cm³/mol. The standard InChI is InChI=1S/C20H19ClN4O2/c21-16-8-6-14(7-9-16)12-18(26)25-11-3-4-15(13-25)19-23-20(27-24-19)17-5-1-2-10-22-17/h1-2,5-10,15H,3-4,11-13H2/t15-/m1/s1. The maximum Gasteiger partial charge on any atom is 0.276 e. The molecule has 7 heteroatoms. The molecule has 1 fully saturated rings. The van der Waals surface area contributed by atoms with Gasteiger partial charge < -0.3 is 9.42 Å². The normalized spacial score (nSPS) is 17.1. The Morgan fingerprint density at radius 3 is 2.85 bits per heavy atom. The number of piperidine rings is 1. The first-order valence-corrected chi connectivity index (χ1v) is 9.34. The molecule has 138 valence electrons. The number of aromatic nitrogens is 3. The van der Waals surface area contributed by atoms with Gasteiger partial charge in [0.05, 0.1) is 6.42 Å². The Kier molecular flexibility index (Phi) is 5.16. The van der Waals surface area contributed by atoms with Crippen LogP contribution in [0.15, 0.2) is 53.2 Å². The molecule has 1 aromatic carbocycles. The van der Waals surface area contributed by atoms with E-state index in [9.17, 15) is 4.79 Å². The summed E-state index contributed by atoms with van der Waals surface area (Å²) in [6, 6.07) is 12.9. The van der Waals surface area contributed by atoms with E-state index in [2.05, 4.69) is 15.1 Å². The fourth-order valence-corrected chi connectivity index (χ4v) is 3.42. The molecular formula is C20H19ClN4O2. The number of carbonyl (C=O) groups is 1. The molecule has 2 aromatic heterocycles. The Labute approximate surface area is 162 Å². The molecular weight excluding hydrogens is 364 g/mol. The topological polar surface area (TPSA) is 72.1 Å². The number of halogens is 1. The highest BCUT2D eigenvalue weighted by Gasteiger charge is 2.28. The van der Waals surface area contributed by atoms with Crippen LogP contribution in [0, 0.1) is 0 Å². The van der Waals surface area contributed by atoms with Gasteiger partial charge in [-0.05, 0) is 42.7 Å². The first-order chi connectivity index (χ1) is 13.2.